The first-order valence-electron chi connectivity index (χ1n) is 46.5. The van der Waals surface area contributed by atoms with Crippen LogP contribution in [0.4, 0.5) is 0 Å². The van der Waals surface area contributed by atoms with Gasteiger partial charge in [0, 0.05) is 25.7 Å². The third-order valence-corrected chi connectivity index (χ3v) is 23.1. The molecule has 648 valence electrons. The molecule has 0 saturated carbocycles. The molecular weight excluding hydrogens is 1410 g/mol. The van der Waals surface area contributed by atoms with Crippen molar-refractivity contribution in [2.24, 2.45) is 11.8 Å². The molecule has 19 heteroatoms. The second kappa shape index (κ2) is 81.2. The number of phosphoric acid groups is 2. The molecule has 0 saturated heterocycles. The van der Waals surface area contributed by atoms with Gasteiger partial charge in [0.15, 0.2) is 12.2 Å². The molecule has 3 N–H and O–H groups in total. The molecule has 0 aromatic carbocycles. The van der Waals surface area contributed by atoms with Gasteiger partial charge in [0.25, 0.3) is 0 Å². The highest BCUT2D eigenvalue weighted by atomic mass is 31.2. The van der Waals surface area contributed by atoms with E-state index in [1.165, 1.54) is 302 Å². The van der Waals surface area contributed by atoms with Gasteiger partial charge in [-0.3, -0.25) is 37.3 Å². The van der Waals surface area contributed by atoms with Crippen molar-refractivity contribution in [3.05, 3.63) is 0 Å². The predicted octanol–water partition coefficient (Wildman–Crippen LogP) is 27.8. The van der Waals surface area contributed by atoms with Crippen LogP contribution in [-0.4, -0.2) is 96.7 Å². The maximum atomic E-state index is 13.2. The molecule has 17 nitrogen and oxygen atoms in total. The van der Waals surface area contributed by atoms with Crippen molar-refractivity contribution >= 4 is 39.5 Å². The number of carbonyl (C=O) groups excluding carboxylic acids is 4. The Bertz CT molecular complexity index is 2080. The van der Waals surface area contributed by atoms with E-state index >= 15 is 0 Å². The molecule has 0 fully saturated rings. The molecular formula is C90H176O17P2. The van der Waals surface area contributed by atoms with E-state index < -0.39 is 97.5 Å². The lowest BCUT2D eigenvalue weighted by atomic mass is 10.0. The Balaban J connectivity index is 5.25. The first kappa shape index (κ1) is 107. The van der Waals surface area contributed by atoms with Gasteiger partial charge in [0.05, 0.1) is 26.4 Å². The second-order valence-electron chi connectivity index (χ2n) is 33.3. The molecule has 0 aromatic heterocycles. The Morgan fingerprint density at radius 3 is 0.624 bits per heavy atom. The van der Waals surface area contributed by atoms with Crippen LogP contribution in [0.25, 0.3) is 0 Å². The number of unbranched alkanes of at least 4 members (excludes halogenated alkanes) is 59. The lowest BCUT2D eigenvalue weighted by molar-refractivity contribution is -0.161. The highest BCUT2D eigenvalue weighted by molar-refractivity contribution is 7.47. The van der Waals surface area contributed by atoms with E-state index in [1.807, 2.05) is 0 Å². The molecule has 0 aliphatic rings. The number of esters is 4. The van der Waals surface area contributed by atoms with Crippen LogP contribution in [0.1, 0.15) is 485 Å². The zero-order valence-electron chi connectivity index (χ0n) is 71.9. The van der Waals surface area contributed by atoms with E-state index in [0.29, 0.717) is 25.7 Å². The predicted molar refractivity (Wildman–Crippen MR) is 451 cm³/mol. The van der Waals surface area contributed by atoms with E-state index in [-0.39, 0.29) is 25.7 Å². The van der Waals surface area contributed by atoms with Crippen LogP contribution in [0.15, 0.2) is 0 Å². The van der Waals surface area contributed by atoms with Crippen LogP contribution in [0.3, 0.4) is 0 Å². The number of phosphoric ester groups is 2. The summed E-state index contributed by atoms with van der Waals surface area (Å²) in [5.41, 5.74) is 0. The van der Waals surface area contributed by atoms with Gasteiger partial charge in [-0.05, 0) is 37.5 Å². The van der Waals surface area contributed by atoms with Crippen molar-refractivity contribution in [1.82, 2.24) is 0 Å². The quantitative estimate of drug-likeness (QED) is 0.0222. The molecule has 0 aliphatic heterocycles. The van der Waals surface area contributed by atoms with Crippen molar-refractivity contribution in [1.29, 1.82) is 0 Å². The molecule has 0 amide bonds. The Labute approximate surface area is 670 Å². The van der Waals surface area contributed by atoms with E-state index in [4.69, 9.17) is 37.0 Å². The monoisotopic (exact) mass is 1590 g/mol. The SMILES string of the molecule is CCCCCCCCCCCCCCCCCCCCC(=O)O[C@H](COC(=O)CCCCCCCCCCCCCC)COP(=O)(O)OC[C@H](O)COP(=O)(O)OC[C@@H](COC(=O)CCCCCCCCCCCCCCCCCC(C)C)OC(=O)CCCCCCCCCCCCCCCCCCCCC(C)C. The fourth-order valence-corrected chi connectivity index (χ4v) is 15.7. The summed E-state index contributed by atoms with van der Waals surface area (Å²) < 4.78 is 69.1. The van der Waals surface area contributed by atoms with Crippen molar-refractivity contribution in [2.75, 3.05) is 39.6 Å². The molecule has 0 heterocycles. The van der Waals surface area contributed by atoms with Gasteiger partial charge in [-0.1, -0.05) is 433 Å². The topological polar surface area (TPSA) is 237 Å². The Hall–Kier alpha value is -1.94. The lowest BCUT2D eigenvalue weighted by Crippen LogP contribution is -2.30. The van der Waals surface area contributed by atoms with Crippen LogP contribution in [-0.2, 0) is 65.4 Å². The van der Waals surface area contributed by atoms with Crippen LogP contribution >= 0.6 is 15.6 Å². The number of rotatable bonds is 89. The first-order chi connectivity index (χ1) is 52.9. The maximum absolute atomic E-state index is 13.2. The standard InChI is InChI=1S/C90H176O17P2/c1-7-9-11-13-15-17-19-21-22-23-27-32-38-44-50-56-62-68-74-89(94)106-85(78-100-87(92)72-66-60-54-48-42-20-18-16-14-12-10-8-2)80-104-108(96,97)102-76-84(91)77-103-109(98,99)105-81-86(79-101-88(93)73-67-61-55-49-43-37-34-29-31-36-41-47-53-59-65-71-83(5)6)107-90(95)75-69-63-57-51-45-39-33-28-25-24-26-30-35-40-46-52-58-64-70-82(3)4/h82-86,91H,7-81H2,1-6H3,(H,96,97)(H,98,99)/t84-,85+,86+/m0/s1. The minimum atomic E-state index is -4.97. The summed E-state index contributed by atoms with van der Waals surface area (Å²) in [4.78, 5) is 73.4. The normalized spacial score (nSPS) is 13.8. The molecule has 2 unspecified atom stereocenters. The number of aliphatic hydroxyl groups excluding tert-OH is 1. The fraction of sp³-hybridized carbons (Fsp3) is 0.956. The molecule has 0 spiro atoms. The lowest BCUT2D eigenvalue weighted by Gasteiger charge is -2.21. The minimum Gasteiger partial charge on any atom is -0.462 e. The van der Waals surface area contributed by atoms with Gasteiger partial charge in [-0.25, -0.2) is 9.13 Å². The highest BCUT2D eigenvalue weighted by Gasteiger charge is 2.31. The fourth-order valence-electron chi connectivity index (χ4n) is 14.1. The summed E-state index contributed by atoms with van der Waals surface area (Å²) in [6.45, 7) is 9.77. The number of ether oxygens (including phenoxy) is 4. The summed E-state index contributed by atoms with van der Waals surface area (Å²) >= 11 is 0. The van der Waals surface area contributed by atoms with Crippen LogP contribution < -0.4 is 0 Å². The highest BCUT2D eigenvalue weighted by Crippen LogP contribution is 2.45. The average Bonchev–Trinajstić information content (AvgIpc) is 0.899. The average molecular weight is 1590 g/mol. The molecule has 0 radical (unpaired) electrons. The van der Waals surface area contributed by atoms with E-state index in [9.17, 15) is 43.2 Å². The van der Waals surface area contributed by atoms with Crippen LogP contribution in [0.5, 0.6) is 0 Å². The Morgan fingerprint density at radius 1 is 0.248 bits per heavy atom. The molecule has 0 rings (SSSR count). The van der Waals surface area contributed by atoms with E-state index in [0.717, 1.165) is 102 Å². The van der Waals surface area contributed by atoms with Crippen molar-refractivity contribution in [3.8, 4) is 0 Å². The number of carbonyl (C=O) groups is 4. The molecule has 109 heavy (non-hydrogen) atoms. The largest absolute Gasteiger partial charge is 0.472 e. The number of aliphatic hydroxyl groups is 1. The third kappa shape index (κ3) is 83.8. The Kier molecular flexibility index (Phi) is 79.8. The zero-order valence-corrected chi connectivity index (χ0v) is 73.7. The number of hydrogen-bond donors (Lipinski definition) is 3. The summed E-state index contributed by atoms with van der Waals surface area (Å²) in [7, 11) is -9.93. The summed E-state index contributed by atoms with van der Waals surface area (Å²) in [6, 6.07) is 0. The van der Waals surface area contributed by atoms with Gasteiger partial charge in [0.2, 0.25) is 0 Å². The third-order valence-electron chi connectivity index (χ3n) is 21.2. The van der Waals surface area contributed by atoms with Crippen molar-refractivity contribution in [3.63, 3.8) is 0 Å². The zero-order chi connectivity index (χ0) is 79.9. The Morgan fingerprint density at radius 2 is 0.422 bits per heavy atom. The summed E-state index contributed by atoms with van der Waals surface area (Å²) in [5, 5.41) is 10.7. The van der Waals surface area contributed by atoms with Gasteiger partial charge in [0.1, 0.15) is 19.3 Å². The molecule has 5 atom stereocenters. The smallest absolute Gasteiger partial charge is 0.462 e. The van der Waals surface area contributed by atoms with E-state index in [2.05, 4.69) is 41.5 Å². The summed E-state index contributed by atoms with van der Waals surface area (Å²) in [6.07, 6.45) is 74.9. The second-order valence-corrected chi connectivity index (χ2v) is 36.2. The first-order valence-corrected chi connectivity index (χ1v) is 49.5. The molecule has 0 bridgehead atoms. The van der Waals surface area contributed by atoms with Gasteiger partial charge < -0.3 is 33.8 Å². The summed E-state index contributed by atoms with van der Waals surface area (Å²) in [5.74, 6) is -0.468. The van der Waals surface area contributed by atoms with Crippen LogP contribution in [0.2, 0.25) is 0 Å². The number of hydrogen-bond acceptors (Lipinski definition) is 15. The maximum Gasteiger partial charge on any atom is 0.472 e. The van der Waals surface area contributed by atoms with Gasteiger partial charge in [-0.2, -0.15) is 0 Å². The minimum absolute atomic E-state index is 0.109. The van der Waals surface area contributed by atoms with Crippen LogP contribution in [0, 0.1) is 11.8 Å². The van der Waals surface area contributed by atoms with Crippen molar-refractivity contribution in [2.45, 2.75) is 503 Å². The van der Waals surface area contributed by atoms with Gasteiger partial charge in [-0.15, -0.1) is 0 Å². The van der Waals surface area contributed by atoms with Gasteiger partial charge >= 0.3 is 39.5 Å². The van der Waals surface area contributed by atoms with E-state index in [1.54, 1.807) is 0 Å². The molecule has 0 aliphatic carbocycles. The van der Waals surface area contributed by atoms with Crippen molar-refractivity contribution < 1.29 is 80.2 Å². The molecule has 0 aromatic rings.